The summed E-state index contributed by atoms with van der Waals surface area (Å²) in [5, 5.41) is 2.98. The van der Waals surface area contributed by atoms with Gasteiger partial charge in [0.15, 0.2) is 0 Å². The van der Waals surface area contributed by atoms with Gasteiger partial charge in [-0.05, 0) is 69.4 Å². The molecule has 32 heavy (non-hydrogen) atoms. The summed E-state index contributed by atoms with van der Waals surface area (Å²) in [5.41, 5.74) is 2.35. The Morgan fingerprint density at radius 3 is 2.47 bits per heavy atom. The molecule has 1 fully saturated rings. The van der Waals surface area contributed by atoms with Gasteiger partial charge in [0.05, 0.1) is 16.6 Å². The Morgan fingerprint density at radius 1 is 1.09 bits per heavy atom. The highest BCUT2D eigenvalue weighted by atomic mass is 32.2. The van der Waals surface area contributed by atoms with Crippen LogP contribution in [0.15, 0.2) is 53.7 Å². The Hall–Kier alpha value is -2.78. The van der Waals surface area contributed by atoms with Crippen LogP contribution in [0.4, 0.5) is 4.39 Å². The van der Waals surface area contributed by atoms with Crippen molar-refractivity contribution in [2.45, 2.75) is 56.5 Å². The van der Waals surface area contributed by atoms with E-state index < -0.39 is 10.0 Å². The highest BCUT2D eigenvalue weighted by molar-refractivity contribution is 7.89. The molecule has 2 aromatic heterocycles. The molecule has 9 heteroatoms. The van der Waals surface area contributed by atoms with Crippen molar-refractivity contribution in [3.63, 3.8) is 0 Å². The first kappa shape index (κ1) is 22.4. The predicted molar refractivity (Wildman–Crippen MR) is 119 cm³/mol. The molecule has 0 unspecified atom stereocenters. The standard InChI is InChI=1S/C23H27FN4O3S/c1-15-13-28-14-21(11-12-22(28)25-15)32(30,31)27-20-9-5-18(6-10-20)23(29)26-16(2)17-3-7-19(24)8-4-17/h3-4,7-8,11-14,16,18,20,27H,5-6,9-10H2,1-2H3,(H,26,29)/t16-,18-,20-/m1/s1. The van der Waals surface area contributed by atoms with Crippen LogP contribution < -0.4 is 10.0 Å². The van der Waals surface area contributed by atoms with E-state index in [0.717, 1.165) is 11.3 Å². The number of rotatable bonds is 6. The zero-order chi connectivity index (χ0) is 22.9. The Bertz CT molecular complexity index is 1220. The van der Waals surface area contributed by atoms with Gasteiger partial charge in [-0.1, -0.05) is 12.1 Å². The summed E-state index contributed by atoms with van der Waals surface area (Å²) in [6.07, 6.45) is 5.74. The molecule has 1 saturated carbocycles. The number of nitrogens with zero attached hydrogens (tertiary/aromatic N) is 2. The SMILES string of the molecule is Cc1cn2cc(S(=O)(=O)N[C@H]3CC[C@H](C(=O)N[C@H](C)c4ccc(F)cc4)CC3)ccc2n1. The molecule has 1 atom stereocenters. The fourth-order valence-electron chi connectivity index (χ4n) is 4.18. The molecular weight excluding hydrogens is 431 g/mol. The van der Waals surface area contributed by atoms with Gasteiger partial charge in [0.2, 0.25) is 15.9 Å². The largest absolute Gasteiger partial charge is 0.349 e. The molecule has 7 nitrogen and oxygen atoms in total. The van der Waals surface area contributed by atoms with E-state index >= 15 is 0 Å². The fraction of sp³-hybridized carbons (Fsp3) is 0.391. The minimum atomic E-state index is -3.67. The Morgan fingerprint density at radius 2 is 1.78 bits per heavy atom. The number of sulfonamides is 1. The maximum Gasteiger partial charge on any atom is 0.242 e. The van der Waals surface area contributed by atoms with E-state index in [4.69, 9.17) is 0 Å². The molecule has 1 aliphatic rings. The molecule has 3 aromatic rings. The predicted octanol–water partition coefficient (Wildman–Crippen LogP) is 3.50. The molecule has 1 amide bonds. The number of benzene rings is 1. The van der Waals surface area contributed by atoms with Crippen LogP contribution in [0.1, 0.15) is 49.9 Å². The van der Waals surface area contributed by atoms with Crippen LogP contribution >= 0.6 is 0 Å². The van der Waals surface area contributed by atoms with Crippen LogP contribution in [-0.2, 0) is 14.8 Å². The minimum Gasteiger partial charge on any atom is -0.349 e. The molecule has 2 N–H and O–H groups in total. The zero-order valence-corrected chi connectivity index (χ0v) is 18.9. The molecule has 0 bridgehead atoms. The van der Waals surface area contributed by atoms with Crippen molar-refractivity contribution in [2.24, 2.45) is 5.92 Å². The van der Waals surface area contributed by atoms with E-state index in [2.05, 4.69) is 15.0 Å². The summed E-state index contributed by atoms with van der Waals surface area (Å²) in [7, 11) is -3.67. The van der Waals surface area contributed by atoms with E-state index in [1.807, 2.05) is 13.8 Å². The average Bonchev–Trinajstić information content (AvgIpc) is 3.13. The smallest absolute Gasteiger partial charge is 0.242 e. The number of pyridine rings is 1. The van der Waals surface area contributed by atoms with Crippen LogP contribution in [0.25, 0.3) is 5.65 Å². The third-order valence-electron chi connectivity index (χ3n) is 6.00. The van der Waals surface area contributed by atoms with E-state index in [1.54, 1.807) is 41.1 Å². The Labute approximate surface area is 187 Å². The van der Waals surface area contributed by atoms with Crippen LogP contribution in [-0.4, -0.2) is 29.8 Å². The number of halogens is 1. The molecule has 1 aromatic carbocycles. The van der Waals surface area contributed by atoms with Crippen molar-refractivity contribution in [3.05, 3.63) is 65.9 Å². The summed E-state index contributed by atoms with van der Waals surface area (Å²) in [6.45, 7) is 3.72. The van der Waals surface area contributed by atoms with E-state index in [-0.39, 0.29) is 34.6 Å². The number of carbonyl (C=O) groups excluding carboxylic acids is 1. The summed E-state index contributed by atoms with van der Waals surface area (Å²) < 4.78 is 43.3. The number of carbonyl (C=O) groups is 1. The van der Waals surface area contributed by atoms with E-state index in [1.165, 1.54) is 12.1 Å². The lowest BCUT2D eigenvalue weighted by atomic mass is 9.85. The number of hydrogen-bond donors (Lipinski definition) is 2. The third kappa shape index (κ3) is 4.99. The number of imidazole rings is 1. The van der Waals surface area contributed by atoms with Crippen molar-refractivity contribution in [2.75, 3.05) is 0 Å². The van der Waals surface area contributed by atoms with Gasteiger partial charge in [-0.2, -0.15) is 0 Å². The first-order valence-electron chi connectivity index (χ1n) is 10.7. The second kappa shape index (κ2) is 8.99. The average molecular weight is 459 g/mol. The van der Waals surface area contributed by atoms with Crippen molar-refractivity contribution in [1.29, 1.82) is 0 Å². The van der Waals surface area contributed by atoms with E-state index in [0.29, 0.717) is 31.3 Å². The summed E-state index contributed by atoms with van der Waals surface area (Å²) >= 11 is 0. The molecule has 4 rings (SSSR count). The van der Waals surface area contributed by atoms with E-state index in [9.17, 15) is 17.6 Å². The van der Waals surface area contributed by atoms with Crippen molar-refractivity contribution < 1.29 is 17.6 Å². The van der Waals surface area contributed by atoms with Crippen LogP contribution in [0, 0.1) is 18.7 Å². The van der Waals surface area contributed by atoms with Gasteiger partial charge in [-0.15, -0.1) is 0 Å². The monoisotopic (exact) mass is 458 g/mol. The number of aromatic nitrogens is 2. The molecular formula is C23H27FN4O3S. The van der Waals surface area contributed by atoms with Crippen molar-refractivity contribution in [1.82, 2.24) is 19.4 Å². The summed E-state index contributed by atoms with van der Waals surface area (Å²) in [5.74, 6) is -0.527. The number of amides is 1. The van der Waals surface area contributed by atoms with Gasteiger partial charge >= 0.3 is 0 Å². The maximum atomic E-state index is 13.1. The third-order valence-corrected chi connectivity index (χ3v) is 7.51. The molecule has 1 aliphatic carbocycles. The summed E-state index contributed by atoms with van der Waals surface area (Å²) in [6, 6.07) is 8.88. The number of fused-ring (bicyclic) bond motifs is 1. The normalized spacial score (nSPS) is 20.2. The topological polar surface area (TPSA) is 92.6 Å². The molecule has 170 valence electrons. The second-order valence-corrected chi connectivity index (χ2v) is 10.2. The van der Waals surface area contributed by atoms with Gasteiger partial charge in [-0.3, -0.25) is 4.79 Å². The molecule has 2 heterocycles. The van der Waals surface area contributed by atoms with Gasteiger partial charge in [-0.25, -0.2) is 22.5 Å². The van der Waals surface area contributed by atoms with Crippen molar-refractivity contribution >= 4 is 21.6 Å². The minimum absolute atomic E-state index is 0.0518. The molecule has 0 aliphatic heterocycles. The maximum absolute atomic E-state index is 13.1. The highest BCUT2D eigenvalue weighted by Gasteiger charge is 2.30. The van der Waals surface area contributed by atoms with Gasteiger partial charge in [0, 0.05) is 24.4 Å². The first-order valence-corrected chi connectivity index (χ1v) is 12.2. The number of hydrogen-bond acceptors (Lipinski definition) is 4. The first-order chi connectivity index (χ1) is 15.2. The Kier molecular flexibility index (Phi) is 6.30. The van der Waals surface area contributed by atoms with Crippen molar-refractivity contribution in [3.8, 4) is 0 Å². The lowest BCUT2D eigenvalue weighted by molar-refractivity contribution is -0.126. The second-order valence-electron chi connectivity index (χ2n) is 8.46. The molecule has 0 spiro atoms. The summed E-state index contributed by atoms with van der Waals surface area (Å²) in [4.78, 5) is 17.2. The Balaban J connectivity index is 1.32. The molecule has 0 saturated heterocycles. The van der Waals surface area contributed by atoms with Gasteiger partial charge in [0.1, 0.15) is 11.5 Å². The van der Waals surface area contributed by atoms with Gasteiger partial charge in [0.25, 0.3) is 0 Å². The fourth-order valence-corrected chi connectivity index (χ4v) is 5.49. The lowest BCUT2D eigenvalue weighted by Crippen LogP contribution is -2.41. The number of aryl methyl sites for hydroxylation is 1. The van der Waals surface area contributed by atoms with Crippen LogP contribution in [0.2, 0.25) is 0 Å². The zero-order valence-electron chi connectivity index (χ0n) is 18.1. The lowest BCUT2D eigenvalue weighted by Gasteiger charge is -2.29. The number of nitrogens with one attached hydrogen (secondary N) is 2. The highest BCUT2D eigenvalue weighted by Crippen LogP contribution is 2.27. The van der Waals surface area contributed by atoms with Crippen LogP contribution in [0.5, 0.6) is 0 Å². The quantitative estimate of drug-likeness (QED) is 0.591. The van der Waals surface area contributed by atoms with Gasteiger partial charge < -0.3 is 9.72 Å². The molecule has 0 radical (unpaired) electrons. The van der Waals surface area contributed by atoms with Crippen LogP contribution in [0.3, 0.4) is 0 Å².